The molecule has 1 amide bonds. The van der Waals surface area contributed by atoms with Crippen LogP contribution in [0.3, 0.4) is 0 Å². The molecular weight excluding hydrogens is 510 g/mol. The zero-order valence-electron chi connectivity index (χ0n) is 18.3. The lowest BCUT2D eigenvalue weighted by Crippen LogP contribution is -2.40. The van der Waals surface area contributed by atoms with E-state index in [9.17, 15) is 21.6 Å². The minimum absolute atomic E-state index is 0.0515. The number of anilines is 1. The number of rotatable bonds is 9. The molecule has 1 aliphatic heterocycles. The summed E-state index contributed by atoms with van der Waals surface area (Å²) in [6.07, 6.45) is -0.0515. The SMILES string of the molecule is CCN(CC)S(=O)(=O)c1cc(NC(=O)Cc2ccc(S(=O)(=O)N3CCOCC3)s2)ccc1Cl. The van der Waals surface area contributed by atoms with E-state index in [1.165, 1.54) is 32.9 Å². The van der Waals surface area contributed by atoms with Crippen LogP contribution in [0.2, 0.25) is 5.02 Å². The Morgan fingerprint density at radius 1 is 1.12 bits per heavy atom. The van der Waals surface area contributed by atoms with Crippen LogP contribution in [-0.2, 0) is 36.0 Å². The maximum Gasteiger partial charge on any atom is 0.252 e. The number of sulfonamides is 2. The molecule has 1 saturated heterocycles. The number of thiophene rings is 1. The monoisotopic (exact) mass is 535 g/mol. The van der Waals surface area contributed by atoms with Gasteiger partial charge >= 0.3 is 0 Å². The lowest BCUT2D eigenvalue weighted by Gasteiger charge is -2.25. The van der Waals surface area contributed by atoms with Crippen molar-refractivity contribution in [3.63, 3.8) is 0 Å². The van der Waals surface area contributed by atoms with E-state index in [2.05, 4.69) is 5.32 Å². The molecule has 2 heterocycles. The van der Waals surface area contributed by atoms with Gasteiger partial charge in [0.1, 0.15) is 9.10 Å². The molecule has 0 radical (unpaired) electrons. The van der Waals surface area contributed by atoms with Gasteiger partial charge in [-0.05, 0) is 30.3 Å². The molecule has 13 heteroatoms. The third-order valence-corrected chi connectivity index (χ3v) is 11.1. The van der Waals surface area contributed by atoms with Gasteiger partial charge in [0, 0.05) is 36.7 Å². The highest BCUT2D eigenvalue weighted by Gasteiger charge is 2.28. The molecule has 0 bridgehead atoms. The molecule has 0 unspecified atom stereocenters. The fraction of sp³-hybridized carbons (Fsp3) is 0.450. The average Bonchev–Trinajstić information content (AvgIpc) is 3.25. The molecule has 2 aromatic rings. The maximum absolute atomic E-state index is 12.8. The molecule has 9 nitrogen and oxygen atoms in total. The Labute approximate surface area is 203 Å². The van der Waals surface area contributed by atoms with Gasteiger partial charge in [-0.3, -0.25) is 4.79 Å². The van der Waals surface area contributed by atoms with Gasteiger partial charge in [-0.25, -0.2) is 16.8 Å². The number of benzene rings is 1. The summed E-state index contributed by atoms with van der Waals surface area (Å²) in [5, 5.41) is 2.73. The van der Waals surface area contributed by atoms with Crippen molar-refractivity contribution in [3.8, 4) is 0 Å². The van der Waals surface area contributed by atoms with Gasteiger partial charge < -0.3 is 10.1 Å². The third kappa shape index (κ3) is 5.94. The predicted molar refractivity (Wildman–Crippen MR) is 128 cm³/mol. The Morgan fingerprint density at radius 3 is 2.42 bits per heavy atom. The summed E-state index contributed by atoms with van der Waals surface area (Å²) in [5.41, 5.74) is 0.285. The molecule has 1 fully saturated rings. The van der Waals surface area contributed by atoms with Crippen LogP contribution in [0.5, 0.6) is 0 Å². The average molecular weight is 536 g/mol. The topological polar surface area (TPSA) is 113 Å². The molecule has 0 spiro atoms. The maximum atomic E-state index is 12.8. The number of amides is 1. The van der Waals surface area contributed by atoms with Crippen molar-refractivity contribution in [2.75, 3.05) is 44.7 Å². The first kappa shape index (κ1) is 26.1. The van der Waals surface area contributed by atoms with Crippen LogP contribution >= 0.6 is 22.9 Å². The standard InChI is InChI=1S/C20H26ClN3O6S3/c1-3-23(4-2)32(26,27)18-13-15(5-7-17(18)21)22-19(25)14-16-6-8-20(31-16)33(28,29)24-9-11-30-12-10-24/h5-8,13H,3-4,9-12,14H2,1-2H3,(H,22,25). The highest BCUT2D eigenvalue weighted by molar-refractivity contribution is 7.91. The van der Waals surface area contributed by atoms with Crippen molar-refractivity contribution < 1.29 is 26.4 Å². The number of nitrogens with one attached hydrogen (secondary N) is 1. The largest absolute Gasteiger partial charge is 0.379 e. The molecule has 1 N–H and O–H groups in total. The van der Waals surface area contributed by atoms with Gasteiger partial charge in [0.05, 0.1) is 24.7 Å². The van der Waals surface area contributed by atoms with Crippen LogP contribution in [-0.4, -0.2) is 70.7 Å². The number of carbonyl (C=O) groups is 1. The van der Waals surface area contributed by atoms with Gasteiger partial charge in [0.15, 0.2) is 0 Å². The Morgan fingerprint density at radius 2 is 1.79 bits per heavy atom. The summed E-state index contributed by atoms with van der Waals surface area (Å²) >= 11 is 7.17. The molecule has 1 aromatic carbocycles. The number of morpholine rings is 1. The number of halogens is 1. The van der Waals surface area contributed by atoms with Gasteiger partial charge in [0.2, 0.25) is 15.9 Å². The fourth-order valence-electron chi connectivity index (χ4n) is 3.35. The lowest BCUT2D eigenvalue weighted by molar-refractivity contribution is -0.115. The summed E-state index contributed by atoms with van der Waals surface area (Å²) in [5.74, 6) is -0.402. The third-order valence-electron chi connectivity index (χ3n) is 5.07. The zero-order valence-corrected chi connectivity index (χ0v) is 21.5. The Balaban J connectivity index is 1.72. The molecule has 3 rings (SSSR count). The number of ether oxygens (including phenoxy) is 1. The van der Waals surface area contributed by atoms with Crippen molar-refractivity contribution in [2.24, 2.45) is 0 Å². The molecule has 0 saturated carbocycles. The first-order valence-corrected chi connectivity index (χ1v) is 14.4. The van der Waals surface area contributed by atoms with E-state index in [1.54, 1.807) is 19.9 Å². The highest BCUT2D eigenvalue weighted by atomic mass is 35.5. The van der Waals surface area contributed by atoms with E-state index in [1.807, 2.05) is 0 Å². The van der Waals surface area contributed by atoms with E-state index in [4.69, 9.17) is 16.3 Å². The Hall–Kier alpha value is -1.54. The van der Waals surface area contributed by atoms with Crippen LogP contribution in [0, 0.1) is 0 Å². The first-order chi connectivity index (χ1) is 15.6. The Bertz CT molecular complexity index is 1200. The normalized spacial score (nSPS) is 15.6. The summed E-state index contributed by atoms with van der Waals surface area (Å²) in [6, 6.07) is 7.37. The Kier molecular flexibility index (Phi) is 8.54. The van der Waals surface area contributed by atoms with E-state index in [0.717, 1.165) is 11.3 Å². The second-order valence-corrected chi connectivity index (χ2v) is 12.8. The van der Waals surface area contributed by atoms with Gasteiger partial charge in [-0.1, -0.05) is 25.4 Å². The zero-order chi connectivity index (χ0) is 24.2. The van der Waals surface area contributed by atoms with E-state index >= 15 is 0 Å². The summed E-state index contributed by atoms with van der Waals surface area (Å²) in [6.45, 7) is 5.35. The van der Waals surface area contributed by atoms with Crippen molar-refractivity contribution in [1.82, 2.24) is 8.61 Å². The van der Waals surface area contributed by atoms with Crippen LogP contribution in [0.4, 0.5) is 5.69 Å². The number of carbonyl (C=O) groups excluding carboxylic acids is 1. The molecule has 0 aliphatic carbocycles. The summed E-state index contributed by atoms with van der Waals surface area (Å²) in [7, 11) is -7.42. The predicted octanol–water partition coefficient (Wildman–Crippen LogP) is 2.63. The number of nitrogens with zero attached hydrogens (tertiary/aromatic N) is 2. The molecule has 182 valence electrons. The van der Waals surface area contributed by atoms with Gasteiger partial charge in [-0.15, -0.1) is 11.3 Å². The van der Waals surface area contributed by atoms with Crippen LogP contribution in [0.25, 0.3) is 0 Å². The second-order valence-electron chi connectivity index (χ2n) is 7.20. The fourth-order valence-corrected chi connectivity index (χ4v) is 8.23. The smallest absolute Gasteiger partial charge is 0.252 e. The summed E-state index contributed by atoms with van der Waals surface area (Å²) < 4.78 is 59.2. The highest BCUT2D eigenvalue weighted by Crippen LogP contribution is 2.29. The van der Waals surface area contributed by atoms with E-state index in [0.29, 0.717) is 44.3 Å². The van der Waals surface area contributed by atoms with Crippen molar-refractivity contribution in [2.45, 2.75) is 29.4 Å². The summed E-state index contributed by atoms with van der Waals surface area (Å²) in [4.78, 5) is 13.1. The van der Waals surface area contributed by atoms with Gasteiger partial charge in [-0.2, -0.15) is 8.61 Å². The second kappa shape index (κ2) is 10.8. The van der Waals surface area contributed by atoms with Crippen LogP contribution < -0.4 is 5.32 Å². The van der Waals surface area contributed by atoms with E-state index < -0.39 is 26.0 Å². The minimum Gasteiger partial charge on any atom is -0.379 e. The number of hydrogen-bond acceptors (Lipinski definition) is 7. The molecule has 0 atom stereocenters. The van der Waals surface area contributed by atoms with Crippen molar-refractivity contribution in [3.05, 3.63) is 40.2 Å². The number of hydrogen-bond donors (Lipinski definition) is 1. The minimum atomic E-state index is -3.80. The van der Waals surface area contributed by atoms with Gasteiger partial charge in [0.25, 0.3) is 10.0 Å². The van der Waals surface area contributed by atoms with Crippen LogP contribution in [0.1, 0.15) is 18.7 Å². The van der Waals surface area contributed by atoms with Crippen molar-refractivity contribution in [1.29, 1.82) is 0 Å². The molecule has 1 aromatic heterocycles. The van der Waals surface area contributed by atoms with Crippen molar-refractivity contribution >= 4 is 54.6 Å². The van der Waals surface area contributed by atoms with Crippen LogP contribution in [0.15, 0.2) is 39.4 Å². The molecular formula is C20H26ClN3O6S3. The lowest BCUT2D eigenvalue weighted by atomic mass is 10.3. The first-order valence-electron chi connectivity index (χ1n) is 10.4. The molecule has 1 aliphatic rings. The molecule has 33 heavy (non-hydrogen) atoms. The quantitative estimate of drug-likeness (QED) is 0.528. The van der Waals surface area contributed by atoms with E-state index in [-0.39, 0.29) is 26.2 Å².